The summed E-state index contributed by atoms with van der Waals surface area (Å²) in [6.07, 6.45) is 1.84. The number of carbonyl (C=O) groups excluding carboxylic acids is 1. The Morgan fingerprint density at radius 2 is 1.88 bits per heavy atom. The Balaban J connectivity index is 1.44. The van der Waals surface area contributed by atoms with Gasteiger partial charge in [-0.25, -0.2) is 5.43 Å². The molecule has 1 heterocycles. The van der Waals surface area contributed by atoms with Gasteiger partial charge in [-0.1, -0.05) is 46.3 Å². The first-order valence-electron chi connectivity index (χ1n) is 8.08. The van der Waals surface area contributed by atoms with Crippen LogP contribution in [-0.4, -0.2) is 18.9 Å². The van der Waals surface area contributed by atoms with E-state index >= 15 is 0 Å². The van der Waals surface area contributed by atoms with Crippen LogP contribution in [0.15, 0.2) is 64.2 Å². The van der Waals surface area contributed by atoms with Crippen molar-refractivity contribution in [1.82, 2.24) is 5.43 Å². The van der Waals surface area contributed by atoms with Crippen LogP contribution in [0, 0.1) is 0 Å². The lowest BCUT2D eigenvalue weighted by Gasteiger charge is -2.07. The molecule has 1 aliphatic rings. The summed E-state index contributed by atoms with van der Waals surface area (Å²) in [6.45, 7) is 0.230. The lowest BCUT2D eigenvalue weighted by atomic mass is 10.0. The Morgan fingerprint density at radius 1 is 1.08 bits per heavy atom. The zero-order valence-electron chi connectivity index (χ0n) is 13.7. The molecule has 3 aromatic rings. The molecule has 0 radical (unpaired) electrons. The van der Waals surface area contributed by atoms with Crippen molar-refractivity contribution in [2.24, 2.45) is 5.10 Å². The van der Waals surface area contributed by atoms with Crippen LogP contribution in [0.3, 0.4) is 0 Å². The van der Waals surface area contributed by atoms with Gasteiger partial charge in [0.2, 0.25) is 12.7 Å². The van der Waals surface area contributed by atoms with Gasteiger partial charge in [-0.2, -0.15) is 5.10 Å². The molecule has 4 rings (SSSR count). The Morgan fingerprint density at radius 3 is 2.77 bits per heavy atom. The topological polar surface area (TPSA) is 59.9 Å². The summed E-state index contributed by atoms with van der Waals surface area (Å²) in [5, 5.41) is 6.17. The lowest BCUT2D eigenvalue weighted by molar-refractivity contribution is -0.120. The van der Waals surface area contributed by atoms with Crippen molar-refractivity contribution in [3.63, 3.8) is 0 Å². The minimum absolute atomic E-state index is 0.172. The fraction of sp³-hybridized carbons (Fsp3) is 0.100. The summed E-state index contributed by atoms with van der Waals surface area (Å²) in [4.78, 5) is 12.2. The molecule has 0 saturated heterocycles. The normalized spacial score (nSPS) is 12.7. The van der Waals surface area contributed by atoms with E-state index in [4.69, 9.17) is 9.47 Å². The first kappa shape index (κ1) is 16.6. The average molecular weight is 411 g/mol. The highest BCUT2D eigenvalue weighted by Crippen LogP contribution is 2.32. The summed E-state index contributed by atoms with van der Waals surface area (Å²) < 4.78 is 11.6. The van der Waals surface area contributed by atoms with Crippen molar-refractivity contribution < 1.29 is 14.3 Å². The van der Waals surface area contributed by atoms with Crippen LogP contribution >= 0.6 is 15.9 Å². The summed E-state index contributed by atoms with van der Waals surface area (Å²) in [5.41, 5.74) is 4.35. The van der Waals surface area contributed by atoms with E-state index in [1.165, 1.54) is 0 Å². The fourth-order valence-electron chi connectivity index (χ4n) is 2.86. The van der Waals surface area contributed by atoms with Crippen LogP contribution in [-0.2, 0) is 11.2 Å². The molecule has 1 amide bonds. The monoisotopic (exact) mass is 410 g/mol. The third-order valence-electron chi connectivity index (χ3n) is 4.11. The number of halogens is 1. The van der Waals surface area contributed by atoms with Gasteiger partial charge in [-0.15, -0.1) is 0 Å². The first-order valence-corrected chi connectivity index (χ1v) is 8.88. The molecule has 0 unspecified atom stereocenters. The number of benzene rings is 3. The van der Waals surface area contributed by atoms with Crippen LogP contribution in [0.1, 0.15) is 11.1 Å². The number of amides is 1. The third-order valence-corrected chi connectivity index (χ3v) is 4.80. The lowest BCUT2D eigenvalue weighted by Crippen LogP contribution is -2.19. The number of hydrogen-bond donors (Lipinski definition) is 1. The Kier molecular flexibility index (Phi) is 4.58. The largest absolute Gasteiger partial charge is 0.454 e. The molecule has 1 N–H and O–H groups in total. The number of rotatable bonds is 4. The van der Waals surface area contributed by atoms with Gasteiger partial charge >= 0.3 is 0 Å². The van der Waals surface area contributed by atoms with Crippen molar-refractivity contribution >= 4 is 38.8 Å². The molecule has 0 aromatic heterocycles. The second kappa shape index (κ2) is 7.17. The number of hydrogen-bond acceptors (Lipinski definition) is 4. The number of carbonyl (C=O) groups is 1. The average Bonchev–Trinajstić information content (AvgIpc) is 3.12. The van der Waals surface area contributed by atoms with Crippen molar-refractivity contribution in [3.05, 3.63) is 70.2 Å². The van der Waals surface area contributed by atoms with E-state index in [1.807, 2.05) is 54.6 Å². The van der Waals surface area contributed by atoms with Crippen molar-refractivity contribution in [2.45, 2.75) is 6.42 Å². The van der Waals surface area contributed by atoms with E-state index in [2.05, 4.69) is 26.5 Å². The van der Waals surface area contributed by atoms with E-state index in [1.54, 1.807) is 6.21 Å². The van der Waals surface area contributed by atoms with Gasteiger partial charge in [0.1, 0.15) is 0 Å². The predicted octanol–water partition coefficient (Wildman–Crippen LogP) is 4.02. The molecule has 0 bridgehead atoms. The van der Waals surface area contributed by atoms with Crippen LogP contribution in [0.2, 0.25) is 0 Å². The van der Waals surface area contributed by atoms with Crippen LogP contribution in [0.25, 0.3) is 10.8 Å². The number of nitrogens with one attached hydrogen (secondary N) is 1. The molecule has 26 heavy (non-hydrogen) atoms. The number of hydrazone groups is 1. The zero-order chi connectivity index (χ0) is 17.9. The van der Waals surface area contributed by atoms with Crippen LogP contribution in [0.5, 0.6) is 11.5 Å². The summed E-state index contributed by atoms with van der Waals surface area (Å²) in [7, 11) is 0. The van der Waals surface area contributed by atoms with Crippen molar-refractivity contribution in [1.29, 1.82) is 0 Å². The van der Waals surface area contributed by atoms with Gasteiger partial charge < -0.3 is 9.47 Å². The SMILES string of the molecule is O=C(Cc1ccc(Br)c2ccccc12)NN=Cc1ccc2c(c1)OCO2. The minimum Gasteiger partial charge on any atom is -0.454 e. The van der Waals surface area contributed by atoms with E-state index in [0.29, 0.717) is 11.5 Å². The molecule has 0 spiro atoms. The molecule has 0 atom stereocenters. The maximum absolute atomic E-state index is 12.2. The molecule has 1 aliphatic heterocycles. The molecule has 6 heteroatoms. The highest BCUT2D eigenvalue weighted by atomic mass is 79.9. The Bertz CT molecular complexity index is 1020. The standard InChI is InChI=1S/C20H15BrN2O3/c21-17-7-6-14(15-3-1-2-4-16(15)17)10-20(24)23-22-11-13-5-8-18-19(9-13)26-12-25-18/h1-9,11H,10,12H2,(H,23,24). The first-order chi connectivity index (χ1) is 12.7. The molecule has 5 nitrogen and oxygen atoms in total. The fourth-order valence-corrected chi connectivity index (χ4v) is 3.34. The second-order valence-electron chi connectivity index (χ2n) is 5.83. The summed E-state index contributed by atoms with van der Waals surface area (Å²) >= 11 is 3.54. The van der Waals surface area contributed by atoms with E-state index in [0.717, 1.165) is 26.4 Å². The van der Waals surface area contributed by atoms with Gasteiger partial charge in [-0.05, 0) is 46.2 Å². The number of ether oxygens (including phenoxy) is 2. The van der Waals surface area contributed by atoms with Gasteiger partial charge in [0.05, 0.1) is 12.6 Å². The van der Waals surface area contributed by atoms with Gasteiger partial charge in [0, 0.05) is 4.47 Å². The molecule has 0 aliphatic carbocycles. The quantitative estimate of drug-likeness (QED) is 0.521. The smallest absolute Gasteiger partial charge is 0.244 e. The van der Waals surface area contributed by atoms with Gasteiger partial charge in [0.25, 0.3) is 0 Å². The Hall–Kier alpha value is -2.86. The van der Waals surface area contributed by atoms with E-state index in [-0.39, 0.29) is 19.1 Å². The zero-order valence-corrected chi connectivity index (χ0v) is 15.3. The van der Waals surface area contributed by atoms with Gasteiger partial charge in [-0.3, -0.25) is 4.79 Å². The van der Waals surface area contributed by atoms with E-state index in [9.17, 15) is 4.79 Å². The van der Waals surface area contributed by atoms with Crippen molar-refractivity contribution in [3.8, 4) is 11.5 Å². The molecule has 0 saturated carbocycles. The minimum atomic E-state index is -0.172. The summed E-state index contributed by atoms with van der Waals surface area (Å²) in [6, 6.07) is 17.4. The highest BCUT2D eigenvalue weighted by Gasteiger charge is 2.12. The van der Waals surface area contributed by atoms with E-state index < -0.39 is 0 Å². The third kappa shape index (κ3) is 3.41. The highest BCUT2D eigenvalue weighted by molar-refractivity contribution is 9.10. The summed E-state index contributed by atoms with van der Waals surface area (Å²) in [5.74, 6) is 1.23. The van der Waals surface area contributed by atoms with Crippen LogP contribution in [0.4, 0.5) is 0 Å². The Labute approximate surface area is 158 Å². The van der Waals surface area contributed by atoms with Crippen molar-refractivity contribution in [2.75, 3.05) is 6.79 Å². The molecular formula is C20H15BrN2O3. The number of fused-ring (bicyclic) bond motifs is 2. The van der Waals surface area contributed by atoms with Crippen LogP contribution < -0.4 is 14.9 Å². The maximum atomic E-state index is 12.2. The molecule has 3 aromatic carbocycles. The maximum Gasteiger partial charge on any atom is 0.244 e. The predicted molar refractivity (Wildman–Crippen MR) is 104 cm³/mol. The second-order valence-corrected chi connectivity index (χ2v) is 6.69. The molecule has 0 fully saturated rings. The molecular weight excluding hydrogens is 396 g/mol. The molecule has 130 valence electrons. The van der Waals surface area contributed by atoms with Gasteiger partial charge in [0.15, 0.2) is 11.5 Å². The number of nitrogens with zero attached hydrogens (tertiary/aromatic N) is 1.